The molecule has 1 radical (unpaired) electrons. The van der Waals surface area contributed by atoms with Crippen molar-refractivity contribution in [3.8, 4) is 11.3 Å². The van der Waals surface area contributed by atoms with Crippen molar-refractivity contribution >= 4 is 9.04 Å². The quantitative estimate of drug-likeness (QED) is 0.583. The molecule has 1 atom stereocenters. The Morgan fingerprint density at radius 1 is 1.26 bits per heavy atom. The average Bonchev–Trinajstić information content (AvgIpc) is 2.55. The zero-order chi connectivity index (χ0) is 20.2. The second-order valence-electron chi connectivity index (χ2n) is 8.11. The number of aromatic nitrogens is 2. The highest BCUT2D eigenvalue weighted by Gasteiger charge is 2.22. The molecule has 6 nitrogen and oxygen atoms in total. The summed E-state index contributed by atoms with van der Waals surface area (Å²) < 4.78 is 13.4. The fourth-order valence-electron chi connectivity index (χ4n) is 2.79. The number of nitrogens with one attached hydrogen (secondary N) is 1. The van der Waals surface area contributed by atoms with Gasteiger partial charge < -0.3 is 9.16 Å². The van der Waals surface area contributed by atoms with Crippen molar-refractivity contribution in [2.24, 2.45) is 5.41 Å². The lowest BCUT2D eigenvalue weighted by atomic mass is 9.92. The van der Waals surface area contributed by atoms with E-state index >= 15 is 0 Å². The van der Waals surface area contributed by atoms with Crippen molar-refractivity contribution in [1.82, 2.24) is 9.55 Å². The van der Waals surface area contributed by atoms with Gasteiger partial charge in [-0.1, -0.05) is 45.0 Å². The first-order valence-corrected chi connectivity index (χ1v) is 11.9. The van der Waals surface area contributed by atoms with E-state index in [0.29, 0.717) is 23.2 Å². The Kier molecular flexibility index (Phi) is 6.97. The van der Waals surface area contributed by atoms with Crippen molar-refractivity contribution < 1.29 is 9.16 Å². The van der Waals surface area contributed by atoms with Crippen LogP contribution in [-0.2, 0) is 15.9 Å². The first-order valence-electron chi connectivity index (χ1n) is 9.16. The summed E-state index contributed by atoms with van der Waals surface area (Å²) in [6, 6.07) is 10.3. The Hall–Kier alpha value is -1.96. The number of aromatic amines is 1. The van der Waals surface area contributed by atoms with Crippen molar-refractivity contribution in [3.63, 3.8) is 0 Å². The summed E-state index contributed by atoms with van der Waals surface area (Å²) in [7, 11) is -1.32. The van der Waals surface area contributed by atoms with Gasteiger partial charge in [-0.3, -0.25) is 14.3 Å². The number of H-pyrrole nitrogens is 1. The molecule has 0 aliphatic rings. The van der Waals surface area contributed by atoms with Crippen LogP contribution in [0.2, 0.25) is 13.1 Å². The number of benzene rings is 1. The molecule has 147 valence electrons. The van der Waals surface area contributed by atoms with Crippen LogP contribution in [0.15, 0.2) is 33.9 Å². The maximum absolute atomic E-state index is 12.5. The van der Waals surface area contributed by atoms with E-state index in [2.05, 4.69) is 44.9 Å². The van der Waals surface area contributed by atoms with Crippen LogP contribution in [0.25, 0.3) is 11.3 Å². The third-order valence-corrected chi connectivity index (χ3v) is 4.84. The lowest BCUT2D eigenvalue weighted by molar-refractivity contribution is -0.127. The molecule has 0 aliphatic carbocycles. The average molecular weight is 390 g/mol. The second kappa shape index (κ2) is 8.82. The number of hydrogen-bond donors (Lipinski definition) is 1. The van der Waals surface area contributed by atoms with E-state index in [-0.39, 0.29) is 12.1 Å². The SMILES string of the molecule is Cc1c(-c2[c]cccc2)n(COC(CC(C)(C)C)O[SiH](C)C)c(=O)[nH]c1=O. The zero-order valence-electron chi connectivity index (χ0n) is 17.0. The molecule has 2 aromatic rings. The molecule has 1 aromatic carbocycles. The summed E-state index contributed by atoms with van der Waals surface area (Å²) in [4.78, 5) is 27.0. The van der Waals surface area contributed by atoms with Gasteiger partial charge in [-0.2, -0.15) is 0 Å². The zero-order valence-corrected chi connectivity index (χ0v) is 18.1. The summed E-state index contributed by atoms with van der Waals surface area (Å²) in [6.45, 7) is 12.2. The maximum atomic E-state index is 12.5. The maximum Gasteiger partial charge on any atom is 0.330 e. The van der Waals surface area contributed by atoms with E-state index in [1.165, 1.54) is 4.57 Å². The van der Waals surface area contributed by atoms with Crippen LogP contribution in [0.4, 0.5) is 0 Å². The number of nitrogens with zero attached hydrogens (tertiary/aromatic N) is 1. The molecule has 0 bridgehead atoms. The largest absolute Gasteiger partial charge is 0.396 e. The summed E-state index contributed by atoms with van der Waals surface area (Å²) in [6.07, 6.45) is 0.311. The van der Waals surface area contributed by atoms with Gasteiger partial charge in [-0.25, -0.2) is 4.79 Å². The minimum absolute atomic E-state index is 0.00358. The van der Waals surface area contributed by atoms with E-state index in [4.69, 9.17) is 9.16 Å². The van der Waals surface area contributed by atoms with E-state index in [9.17, 15) is 9.59 Å². The van der Waals surface area contributed by atoms with E-state index < -0.39 is 26.6 Å². The molecule has 0 amide bonds. The highest BCUT2D eigenvalue weighted by atomic mass is 28.3. The molecule has 0 saturated heterocycles. The summed E-state index contributed by atoms with van der Waals surface area (Å²) in [5.41, 5.74) is 0.756. The summed E-state index contributed by atoms with van der Waals surface area (Å²) in [5.74, 6) is 0. The monoisotopic (exact) mass is 389 g/mol. The topological polar surface area (TPSA) is 73.3 Å². The van der Waals surface area contributed by atoms with Gasteiger partial charge in [0.1, 0.15) is 13.0 Å². The molecular weight excluding hydrogens is 360 g/mol. The molecule has 1 unspecified atom stereocenters. The van der Waals surface area contributed by atoms with Gasteiger partial charge in [-0.15, -0.1) is 0 Å². The minimum Gasteiger partial charge on any atom is -0.396 e. The van der Waals surface area contributed by atoms with Gasteiger partial charge in [-0.05, 0) is 31.5 Å². The van der Waals surface area contributed by atoms with Crippen LogP contribution in [0.5, 0.6) is 0 Å². The van der Waals surface area contributed by atoms with Gasteiger partial charge >= 0.3 is 5.69 Å². The van der Waals surface area contributed by atoms with E-state index in [1.807, 2.05) is 18.2 Å². The fraction of sp³-hybridized carbons (Fsp3) is 0.500. The predicted octanol–water partition coefficient (Wildman–Crippen LogP) is 3.05. The van der Waals surface area contributed by atoms with Crippen LogP contribution in [0.3, 0.4) is 0 Å². The van der Waals surface area contributed by atoms with Gasteiger partial charge in [0.25, 0.3) is 5.56 Å². The molecule has 1 N–H and O–H groups in total. The molecule has 1 aromatic heterocycles. The Labute approximate surface area is 161 Å². The molecule has 27 heavy (non-hydrogen) atoms. The number of ether oxygens (including phenoxy) is 1. The van der Waals surface area contributed by atoms with Crippen molar-refractivity contribution in [2.75, 3.05) is 0 Å². The Bertz CT molecular complexity index is 866. The molecule has 0 saturated carbocycles. The molecule has 0 spiro atoms. The lowest BCUT2D eigenvalue weighted by Crippen LogP contribution is -2.36. The molecule has 1 heterocycles. The van der Waals surface area contributed by atoms with E-state index in [1.54, 1.807) is 13.0 Å². The highest BCUT2D eigenvalue weighted by molar-refractivity contribution is 6.48. The molecule has 0 fully saturated rings. The first kappa shape index (κ1) is 21.3. The first-order chi connectivity index (χ1) is 12.6. The van der Waals surface area contributed by atoms with E-state index in [0.717, 1.165) is 0 Å². The fourth-order valence-corrected chi connectivity index (χ4v) is 3.57. The molecular formula is C20H29N2O4Si. The molecule has 2 rings (SSSR count). The smallest absolute Gasteiger partial charge is 0.330 e. The van der Waals surface area contributed by atoms with Gasteiger partial charge in [0, 0.05) is 17.5 Å². The Morgan fingerprint density at radius 3 is 2.52 bits per heavy atom. The molecule has 0 aliphatic heterocycles. The van der Waals surface area contributed by atoms with Gasteiger partial charge in [0.15, 0.2) is 9.04 Å². The van der Waals surface area contributed by atoms with Crippen LogP contribution in [0.1, 0.15) is 32.8 Å². The third-order valence-electron chi connectivity index (χ3n) is 3.99. The van der Waals surface area contributed by atoms with Crippen molar-refractivity contribution in [2.45, 2.75) is 60.2 Å². The standard InChI is InChI=1S/C20H29N2O4Si/c1-14-17(15-10-8-7-9-11-15)22(19(24)21-18(14)23)13-25-16(26-27(5)6)12-20(2,3)4/h7-10,16,27H,12-13H2,1-6H3,(H,21,23,24). The van der Waals surface area contributed by atoms with Crippen molar-refractivity contribution in [3.05, 3.63) is 56.7 Å². The number of rotatable bonds is 7. The van der Waals surface area contributed by atoms with Crippen LogP contribution in [-0.4, -0.2) is 24.9 Å². The molecule has 7 heteroatoms. The number of hydrogen-bond acceptors (Lipinski definition) is 4. The van der Waals surface area contributed by atoms with Crippen molar-refractivity contribution in [1.29, 1.82) is 0 Å². The summed E-state index contributed by atoms with van der Waals surface area (Å²) >= 11 is 0. The second-order valence-corrected chi connectivity index (χ2v) is 10.5. The van der Waals surface area contributed by atoms with Crippen LogP contribution in [0, 0.1) is 18.4 Å². The lowest BCUT2D eigenvalue weighted by Gasteiger charge is -2.28. The Morgan fingerprint density at radius 2 is 1.96 bits per heavy atom. The summed E-state index contributed by atoms with van der Waals surface area (Å²) in [5, 5.41) is 0. The minimum atomic E-state index is -1.32. The Balaban J connectivity index is 2.39. The normalized spacial score (nSPS) is 13.1. The van der Waals surface area contributed by atoms with Crippen LogP contribution < -0.4 is 11.2 Å². The predicted molar refractivity (Wildman–Crippen MR) is 109 cm³/mol. The third kappa shape index (κ3) is 6.02. The van der Waals surface area contributed by atoms with Crippen LogP contribution >= 0.6 is 0 Å². The van der Waals surface area contributed by atoms with Gasteiger partial charge in [0.2, 0.25) is 0 Å². The van der Waals surface area contributed by atoms with Gasteiger partial charge in [0.05, 0.1) is 5.69 Å². The highest BCUT2D eigenvalue weighted by Crippen LogP contribution is 2.24.